The standard InChI is InChI=1S/C12H13F3O2S/c1-11(2,3)17-10(16)8-4-6-9(7-5-8)18-12(13,14)15/h4-7H,1-3H3. The average molecular weight is 278 g/mol. The molecule has 1 rings (SSSR count). The second kappa shape index (κ2) is 5.22. The minimum atomic E-state index is -4.33. The molecule has 100 valence electrons. The molecule has 0 unspecified atom stereocenters. The van der Waals surface area contributed by atoms with Crippen LogP contribution in [-0.2, 0) is 4.74 Å². The number of benzene rings is 1. The Hall–Kier alpha value is -1.17. The molecule has 0 atom stereocenters. The van der Waals surface area contributed by atoms with Gasteiger partial charge >= 0.3 is 11.5 Å². The predicted octanol–water partition coefficient (Wildman–Crippen LogP) is 4.25. The molecule has 0 amide bonds. The maximum atomic E-state index is 12.1. The van der Waals surface area contributed by atoms with E-state index in [4.69, 9.17) is 4.74 Å². The van der Waals surface area contributed by atoms with E-state index in [-0.39, 0.29) is 22.2 Å². The summed E-state index contributed by atoms with van der Waals surface area (Å²) in [6.45, 7) is 5.16. The van der Waals surface area contributed by atoms with Crippen molar-refractivity contribution in [1.82, 2.24) is 0 Å². The minimum Gasteiger partial charge on any atom is -0.456 e. The Morgan fingerprint density at radius 1 is 1.11 bits per heavy atom. The van der Waals surface area contributed by atoms with Crippen molar-refractivity contribution in [2.24, 2.45) is 0 Å². The average Bonchev–Trinajstić information content (AvgIpc) is 2.13. The Kier molecular flexibility index (Phi) is 4.32. The van der Waals surface area contributed by atoms with Crippen molar-refractivity contribution in [1.29, 1.82) is 0 Å². The first-order valence-corrected chi connectivity index (χ1v) is 5.98. The number of carbonyl (C=O) groups is 1. The van der Waals surface area contributed by atoms with E-state index in [9.17, 15) is 18.0 Å². The fourth-order valence-electron chi connectivity index (χ4n) is 1.13. The summed E-state index contributed by atoms with van der Waals surface area (Å²) in [7, 11) is 0. The van der Waals surface area contributed by atoms with E-state index < -0.39 is 17.1 Å². The molecule has 0 aromatic heterocycles. The molecule has 1 aromatic carbocycles. The molecule has 0 heterocycles. The lowest BCUT2D eigenvalue weighted by Gasteiger charge is -2.19. The third-order valence-electron chi connectivity index (χ3n) is 1.72. The Morgan fingerprint density at radius 3 is 2.00 bits per heavy atom. The highest BCUT2D eigenvalue weighted by Gasteiger charge is 2.29. The molecule has 0 bridgehead atoms. The van der Waals surface area contributed by atoms with Gasteiger partial charge < -0.3 is 4.74 Å². The Morgan fingerprint density at radius 2 is 1.61 bits per heavy atom. The molecule has 6 heteroatoms. The highest BCUT2D eigenvalue weighted by molar-refractivity contribution is 8.00. The lowest BCUT2D eigenvalue weighted by Crippen LogP contribution is -2.23. The van der Waals surface area contributed by atoms with Crippen LogP contribution >= 0.6 is 11.8 Å². The van der Waals surface area contributed by atoms with Crippen LogP contribution in [0, 0.1) is 0 Å². The van der Waals surface area contributed by atoms with Crippen molar-refractivity contribution in [3.63, 3.8) is 0 Å². The van der Waals surface area contributed by atoms with Crippen LogP contribution in [0.2, 0.25) is 0 Å². The quantitative estimate of drug-likeness (QED) is 0.597. The number of alkyl halides is 3. The molecular formula is C12H13F3O2S. The molecule has 0 N–H and O–H groups in total. The SMILES string of the molecule is CC(C)(C)OC(=O)c1ccc(SC(F)(F)F)cc1. The smallest absolute Gasteiger partial charge is 0.446 e. The van der Waals surface area contributed by atoms with Gasteiger partial charge in [-0.05, 0) is 56.8 Å². The molecule has 0 radical (unpaired) electrons. The fourth-order valence-corrected chi connectivity index (χ4v) is 1.67. The molecular weight excluding hydrogens is 265 g/mol. The lowest BCUT2D eigenvalue weighted by molar-refractivity contribution is -0.0328. The van der Waals surface area contributed by atoms with Gasteiger partial charge in [-0.2, -0.15) is 13.2 Å². The summed E-state index contributed by atoms with van der Waals surface area (Å²) >= 11 is -0.218. The van der Waals surface area contributed by atoms with Gasteiger partial charge in [-0.3, -0.25) is 0 Å². The van der Waals surface area contributed by atoms with Crippen LogP contribution < -0.4 is 0 Å². The number of ether oxygens (including phenoxy) is 1. The summed E-state index contributed by atoms with van der Waals surface area (Å²) in [5.41, 5.74) is -4.72. The molecule has 2 nitrogen and oxygen atoms in total. The van der Waals surface area contributed by atoms with Crippen LogP contribution in [0.1, 0.15) is 31.1 Å². The first kappa shape index (κ1) is 14.9. The van der Waals surface area contributed by atoms with Crippen LogP contribution in [0.4, 0.5) is 13.2 Å². The maximum absolute atomic E-state index is 12.1. The van der Waals surface area contributed by atoms with Crippen molar-refractivity contribution in [3.8, 4) is 0 Å². The lowest BCUT2D eigenvalue weighted by atomic mass is 10.2. The molecule has 0 aliphatic carbocycles. The van der Waals surface area contributed by atoms with Crippen molar-refractivity contribution in [3.05, 3.63) is 29.8 Å². The van der Waals surface area contributed by atoms with Gasteiger partial charge in [0.2, 0.25) is 0 Å². The van der Waals surface area contributed by atoms with Gasteiger partial charge in [-0.1, -0.05) is 0 Å². The molecule has 0 fully saturated rings. The van der Waals surface area contributed by atoms with Gasteiger partial charge in [0.15, 0.2) is 0 Å². The Bertz CT molecular complexity index is 418. The number of hydrogen-bond donors (Lipinski definition) is 0. The van der Waals surface area contributed by atoms with E-state index in [2.05, 4.69) is 0 Å². The van der Waals surface area contributed by atoms with Crippen molar-refractivity contribution in [2.75, 3.05) is 0 Å². The van der Waals surface area contributed by atoms with E-state index in [0.717, 1.165) is 0 Å². The van der Waals surface area contributed by atoms with Gasteiger partial charge in [0.25, 0.3) is 0 Å². The molecule has 1 aromatic rings. The number of thioether (sulfide) groups is 1. The molecule has 0 saturated heterocycles. The monoisotopic (exact) mass is 278 g/mol. The van der Waals surface area contributed by atoms with E-state index in [1.807, 2.05) is 0 Å². The number of rotatable bonds is 2. The highest BCUT2D eigenvalue weighted by atomic mass is 32.2. The first-order chi connectivity index (χ1) is 8.07. The summed E-state index contributed by atoms with van der Waals surface area (Å²) < 4.78 is 41.4. The van der Waals surface area contributed by atoms with Gasteiger partial charge in [0.05, 0.1) is 5.56 Å². The third kappa shape index (κ3) is 5.44. The molecule has 0 saturated carbocycles. The summed E-state index contributed by atoms with van der Waals surface area (Å²) in [4.78, 5) is 11.6. The molecule has 0 spiro atoms. The topological polar surface area (TPSA) is 26.3 Å². The second-order valence-electron chi connectivity index (χ2n) is 4.57. The summed E-state index contributed by atoms with van der Waals surface area (Å²) in [5, 5.41) is 0. The van der Waals surface area contributed by atoms with Gasteiger partial charge in [-0.15, -0.1) is 0 Å². The van der Waals surface area contributed by atoms with Crippen LogP contribution in [0.15, 0.2) is 29.2 Å². The number of esters is 1. The molecule has 0 aliphatic heterocycles. The first-order valence-electron chi connectivity index (χ1n) is 5.16. The van der Waals surface area contributed by atoms with Crippen molar-refractivity contribution in [2.45, 2.75) is 36.8 Å². The largest absolute Gasteiger partial charge is 0.456 e. The number of hydrogen-bond acceptors (Lipinski definition) is 3. The van der Waals surface area contributed by atoms with Gasteiger partial charge in [0.1, 0.15) is 5.60 Å². The van der Waals surface area contributed by atoms with Crippen molar-refractivity contribution >= 4 is 17.7 Å². The summed E-state index contributed by atoms with van der Waals surface area (Å²) in [5.74, 6) is -0.550. The van der Waals surface area contributed by atoms with Crippen LogP contribution in [0.3, 0.4) is 0 Å². The number of carbonyl (C=O) groups excluding carboxylic acids is 1. The van der Waals surface area contributed by atoms with Crippen LogP contribution in [0.5, 0.6) is 0 Å². The maximum Gasteiger partial charge on any atom is 0.446 e. The zero-order valence-electron chi connectivity index (χ0n) is 10.2. The third-order valence-corrected chi connectivity index (χ3v) is 2.46. The second-order valence-corrected chi connectivity index (χ2v) is 5.71. The summed E-state index contributed by atoms with van der Waals surface area (Å²) in [6.07, 6.45) is 0. The van der Waals surface area contributed by atoms with E-state index in [1.165, 1.54) is 24.3 Å². The predicted molar refractivity (Wildman–Crippen MR) is 63.5 cm³/mol. The normalized spacial score (nSPS) is 12.3. The van der Waals surface area contributed by atoms with Crippen molar-refractivity contribution < 1.29 is 22.7 Å². The van der Waals surface area contributed by atoms with Crippen LogP contribution in [0.25, 0.3) is 0 Å². The summed E-state index contributed by atoms with van der Waals surface area (Å²) in [6, 6.07) is 5.14. The highest BCUT2D eigenvalue weighted by Crippen LogP contribution is 2.36. The number of halogens is 3. The Labute approximate surface area is 108 Å². The Balaban J connectivity index is 2.74. The van der Waals surface area contributed by atoms with Gasteiger partial charge in [0, 0.05) is 4.90 Å². The zero-order valence-corrected chi connectivity index (χ0v) is 11.0. The van der Waals surface area contributed by atoms with E-state index >= 15 is 0 Å². The molecule has 0 aliphatic rings. The minimum absolute atomic E-state index is 0.0369. The fraction of sp³-hybridized carbons (Fsp3) is 0.417. The van der Waals surface area contributed by atoms with E-state index in [0.29, 0.717) is 0 Å². The molecule has 18 heavy (non-hydrogen) atoms. The zero-order chi connectivity index (χ0) is 14.0. The van der Waals surface area contributed by atoms with E-state index in [1.54, 1.807) is 20.8 Å². The van der Waals surface area contributed by atoms with Gasteiger partial charge in [-0.25, -0.2) is 4.79 Å². The van der Waals surface area contributed by atoms with Crippen LogP contribution in [-0.4, -0.2) is 17.1 Å².